The van der Waals surface area contributed by atoms with Crippen LogP contribution in [0.4, 0.5) is 10.1 Å². The van der Waals surface area contributed by atoms with Crippen molar-refractivity contribution < 1.29 is 18.8 Å². The summed E-state index contributed by atoms with van der Waals surface area (Å²) < 4.78 is 15.5. The number of halogens is 1. The highest BCUT2D eigenvalue weighted by molar-refractivity contribution is 6.06. The number of hydrogen-bond donors (Lipinski definition) is 2. The lowest BCUT2D eigenvalue weighted by Gasteiger charge is -2.34. The van der Waals surface area contributed by atoms with E-state index in [-0.39, 0.29) is 35.9 Å². The Kier molecular flexibility index (Phi) is 7.96. The fourth-order valence-corrected chi connectivity index (χ4v) is 5.54. The van der Waals surface area contributed by atoms with E-state index < -0.39 is 6.04 Å². The van der Waals surface area contributed by atoms with Crippen molar-refractivity contribution in [2.75, 3.05) is 18.4 Å². The van der Waals surface area contributed by atoms with Gasteiger partial charge in [0.25, 0.3) is 5.91 Å². The molecule has 1 aliphatic rings. The van der Waals surface area contributed by atoms with Crippen molar-refractivity contribution in [3.8, 4) is 0 Å². The van der Waals surface area contributed by atoms with Gasteiger partial charge in [0.05, 0.1) is 0 Å². The van der Waals surface area contributed by atoms with Crippen LogP contribution in [0.5, 0.6) is 0 Å². The molecule has 2 heterocycles. The third-order valence-electron chi connectivity index (χ3n) is 7.64. The molecule has 1 fully saturated rings. The molecule has 40 heavy (non-hydrogen) atoms. The van der Waals surface area contributed by atoms with Gasteiger partial charge in [-0.1, -0.05) is 42.5 Å². The first-order valence-corrected chi connectivity index (χ1v) is 13.5. The number of piperidine rings is 1. The molecule has 8 heteroatoms. The van der Waals surface area contributed by atoms with Crippen molar-refractivity contribution in [2.45, 2.75) is 38.1 Å². The number of para-hydroxylation sites is 1. The first-order chi connectivity index (χ1) is 19.3. The van der Waals surface area contributed by atoms with Gasteiger partial charge in [0.1, 0.15) is 17.6 Å². The highest BCUT2D eigenvalue weighted by atomic mass is 19.1. The second-order valence-corrected chi connectivity index (χ2v) is 10.4. The van der Waals surface area contributed by atoms with Gasteiger partial charge in [0, 0.05) is 50.1 Å². The van der Waals surface area contributed by atoms with Crippen molar-refractivity contribution in [3.05, 3.63) is 102 Å². The van der Waals surface area contributed by atoms with Crippen molar-refractivity contribution in [1.82, 2.24) is 14.8 Å². The smallest absolute Gasteiger partial charge is 0.272 e. The number of amides is 3. The number of aromatic nitrogens is 1. The van der Waals surface area contributed by atoms with Gasteiger partial charge in [-0.15, -0.1) is 0 Å². The van der Waals surface area contributed by atoms with E-state index in [0.29, 0.717) is 24.3 Å². The maximum absolute atomic E-state index is 13.7. The molecule has 0 spiro atoms. The molecule has 1 aliphatic heterocycles. The highest BCUT2D eigenvalue weighted by Crippen LogP contribution is 2.29. The molecule has 206 valence electrons. The van der Waals surface area contributed by atoms with Crippen LogP contribution in [0.1, 0.15) is 47.3 Å². The number of carbonyl (C=O) groups excluding carboxylic acids is 3. The third kappa shape index (κ3) is 6.06. The fraction of sp³-hybridized carbons (Fsp3) is 0.281. The van der Waals surface area contributed by atoms with E-state index in [1.54, 1.807) is 17.0 Å². The molecule has 3 amide bonds. The van der Waals surface area contributed by atoms with E-state index >= 15 is 0 Å². The van der Waals surface area contributed by atoms with E-state index in [4.69, 9.17) is 0 Å². The fourth-order valence-electron chi connectivity index (χ4n) is 5.54. The number of nitrogens with one attached hydrogen (secondary N) is 2. The highest BCUT2D eigenvalue weighted by Gasteiger charge is 2.29. The number of anilines is 1. The van der Waals surface area contributed by atoms with Crippen LogP contribution in [0.3, 0.4) is 0 Å². The Bertz CT molecular complexity index is 1540. The second kappa shape index (κ2) is 11.7. The van der Waals surface area contributed by atoms with E-state index in [1.165, 1.54) is 19.1 Å². The quantitative estimate of drug-likeness (QED) is 0.345. The van der Waals surface area contributed by atoms with Crippen LogP contribution in [0.25, 0.3) is 10.9 Å². The van der Waals surface area contributed by atoms with Gasteiger partial charge in [-0.25, -0.2) is 4.39 Å². The first-order valence-electron chi connectivity index (χ1n) is 13.5. The number of likely N-dealkylation sites (tertiary alicyclic amines) is 1. The molecular weight excluding hydrogens is 507 g/mol. The Labute approximate surface area is 233 Å². The second-order valence-electron chi connectivity index (χ2n) is 10.4. The first kappa shape index (κ1) is 27.1. The molecule has 0 radical (unpaired) electrons. The molecule has 0 bridgehead atoms. The molecule has 4 aromatic rings. The van der Waals surface area contributed by atoms with Gasteiger partial charge < -0.3 is 20.1 Å². The van der Waals surface area contributed by atoms with Gasteiger partial charge >= 0.3 is 0 Å². The number of benzene rings is 3. The number of aryl methyl sites for hydroxylation is 1. The van der Waals surface area contributed by atoms with Crippen LogP contribution < -0.4 is 10.6 Å². The Morgan fingerprint density at radius 2 is 1.68 bits per heavy atom. The van der Waals surface area contributed by atoms with Crippen molar-refractivity contribution >= 4 is 34.3 Å². The molecule has 7 nitrogen and oxygen atoms in total. The normalized spacial score (nSPS) is 14.6. The van der Waals surface area contributed by atoms with Crippen LogP contribution in [-0.2, 0) is 23.1 Å². The minimum absolute atomic E-state index is 0.149. The summed E-state index contributed by atoms with van der Waals surface area (Å²) in [5, 5.41) is 6.76. The van der Waals surface area contributed by atoms with E-state index in [2.05, 4.69) is 10.6 Å². The zero-order chi connectivity index (χ0) is 28.2. The molecule has 1 unspecified atom stereocenters. The van der Waals surface area contributed by atoms with Gasteiger partial charge in [-0.3, -0.25) is 14.4 Å². The summed E-state index contributed by atoms with van der Waals surface area (Å²) >= 11 is 0. The Morgan fingerprint density at radius 1 is 0.950 bits per heavy atom. The van der Waals surface area contributed by atoms with Crippen LogP contribution in [0.2, 0.25) is 0 Å². The molecular formula is C32H33FN4O3. The summed E-state index contributed by atoms with van der Waals surface area (Å²) in [4.78, 5) is 39.8. The number of fused-ring (bicyclic) bond motifs is 1. The van der Waals surface area contributed by atoms with Crippen molar-refractivity contribution in [3.63, 3.8) is 0 Å². The maximum atomic E-state index is 13.7. The zero-order valence-electron chi connectivity index (χ0n) is 22.7. The molecule has 0 aliphatic carbocycles. The SMILES string of the molecule is CC(=O)NC(Cc1cccc(F)c1)C(=O)N1CCC(c2ccc(NC(=O)c3cc4ccccc4n3C)cc2)CC1. The van der Waals surface area contributed by atoms with Gasteiger partial charge in [0.2, 0.25) is 11.8 Å². The zero-order valence-corrected chi connectivity index (χ0v) is 22.7. The van der Waals surface area contributed by atoms with E-state index in [1.807, 2.05) is 66.2 Å². The summed E-state index contributed by atoms with van der Waals surface area (Å²) in [6, 6.07) is 23.0. The van der Waals surface area contributed by atoms with Crippen LogP contribution in [0.15, 0.2) is 78.9 Å². The van der Waals surface area contributed by atoms with E-state index in [0.717, 1.165) is 35.0 Å². The number of nitrogens with zero attached hydrogens (tertiary/aromatic N) is 2. The largest absolute Gasteiger partial charge is 0.344 e. The topological polar surface area (TPSA) is 83.4 Å². The van der Waals surface area contributed by atoms with Crippen LogP contribution in [-0.4, -0.2) is 46.3 Å². The summed E-state index contributed by atoms with van der Waals surface area (Å²) in [6.07, 6.45) is 1.82. The number of hydrogen-bond acceptors (Lipinski definition) is 3. The van der Waals surface area contributed by atoms with Gasteiger partial charge in [-0.2, -0.15) is 0 Å². The van der Waals surface area contributed by atoms with Gasteiger partial charge in [-0.05, 0) is 66.3 Å². The molecule has 2 N–H and O–H groups in total. The molecule has 0 saturated carbocycles. The van der Waals surface area contributed by atoms with Crippen molar-refractivity contribution in [1.29, 1.82) is 0 Å². The summed E-state index contributed by atoms with van der Waals surface area (Å²) in [7, 11) is 1.89. The molecule has 3 aromatic carbocycles. The third-order valence-corrected chi connectivity index (χ3v) is 7.64. The lowest BCUT2D eigenvalue weighted by atomic mass is 9.89. The Hall–Kier alpha value is -4.46. The van der Waals surface area contributed by atoms with Crippen molar-refractivity contribution in [2.24, 2.45) is 7.05 Å². The number of rotatable bonds is 7. The Morgan fingerprint density at radius 3 is 2.35 bits per heavy atom. The average Bonchev–Trinajstić information content (AvgIpc) is 3.29. The lowest BCUT2D eigenvalue weighted by Crippen LogP contribution is -2.51. The summed E-state index contributed by atoms with van der Waals surface area (Å²) in [6.45, 7) is 2.52. The maximum Gasteiger partial charge on any atom is 0.272 e. The monoisotopic (exact) mass is 540 g/mol. The molecule has 5 rings (SSSR count). The van der Waals surface area contributed by atoms with E-state index in [9.17, 15) is 18.8 Å². The molecule has 1 saturated heterocycles. The van der Waals surface area contributed by atoms with Gasteiger partial charge in [0.15, 0.2) is 0 Å². The average molecular weight is 541 g/mol. The molecule has 1 atom stereocenters. The minimum Gasteiger partial charge on any atom is -0.344 e. The predicted molar refractivity (Wildman–Crippen MR) is 154 cm³/mol. The van der Waals surface area contributed by atoms with Crippen LogP contribution >= 0.6 is 0 Å². The minimum atomic E-state index is -0.736. The molecule has 1 aromatic heterocycles. The standard InChI is InChI=1S/C32H33FN4O3/c1-21(38)34-28(19-22-6-5-8-26(33)18-22)32(40)37-16-14-24(15-17-37)23-10-12-27(13-11-23)35-31(39)30-20-25-7-3-4-9-29(25)36(30)2/h3-13,18,20,24,28H,14-17,19H2,1-2H3,(H,34,38)(H,35,39). The summed E-state index contributed by atoms with van der Waals surface area (Å²) in [5.74, 6) is -0.687. The summed E-state index contributed by atoms with van der Waals surface area (Å²) in [5.41, 5.74) is 4.15. The Balaban J connectivity index is 1.18. The lowest BCUT2D eigenvalue weighted by molar-refractivity contribution is -0.137. The number of carbonyl (C=O) groups is 3. The predicted octanol–water partition coefficient (Wildman–Crippen LogP) is 5.02. The van der Waals surface area contributed by atoms with Crippen LogP contribution in [0, 0.1) is 5.82 Å².